The summed E-state index contributed by atoms with van der Waals surface area (Å²) in [4.78, 5) is 31.7. The molecule has 2 aromatic heterocycles. The van der Waals surface area contributed by atoms with E-state index in [-0.39, 0.29) is 11.8 Å². The maximum Gasteiger partial charge on any atom is 0.259 e. The molecule has 5 rings (SSSR count). The van der Waals surface area contributed by atoms with Crippen LogP contribution in [0.4, 0.5) is 0 Å². The van der Waals surface area contributed by atoms with Gasteiger partial charge >= 0.3 is 0 Å². The standard InChI is InChI=1S/C26H25BrN4O2/c1-3-30(4-2)12-13-31-15-19(17-9-7-10-20(27)24(17)31)23-22(25(32)29-26(23)33)18-14-28-21-11-6-5-8-16(18)21/h5-11,14-15,28H,3-4,12-13H2,1-2H3,(H,29,32,33). The molecule has 0 bridgehead atoms. The van der Waals surface area contributed by atoms with Crippen molar-refractivity contribution in [3.63, 3.8) is 0 Å². The molecule has 1 aliphatic heterocycles. The third-order valence-corrected chi connectivity index (χ3v) is 7.10. The molecule has 0 radical (unpaired) electrons. The molecule has 0 fully saturated rings. The van der Waals surface area contributed by atoms with Gasteiger partial charge in [-0.15, -0.1) is 0 Å². The van der Waals surface area contributed by atoms with Crippen molar-refractivity contribution in [3.05, 3.63) is 70.5 Å². The highest BCUT2D eigenvalue weighted by molar-refractivity contribution is 9.10. The SMILES string of the molecule is CCN(CC)CCn1cc(C2=C(c3c[nH]c4ccccc34)C(=O)NC2=O)c2cccc(Br)c21. The van der Waals surface area contributed by atoms with Crippen molar-refractivity contribution in [1.82, 2.24) is 19.8 Å². The molecule has 0 saturated carbocycles. The van der Waals surface area contributed by atoms with E-state index in [4.69, 9.17) is 0 Å². The summed E-state index contributed by atoms with van der Waals surface area (Å²) in [5.41, 5.74) is 4.31. The van der Waals surface area contributed by atoms with Crippen LogP contribution in [0.25, 0.3) is 33.0 Å². The van der Waals surface area contributed by atoms with E-state index in [9.17, 15) is 9.59 Å². The Bertz CT molecular complexity index is 1420. The van der Waals surface area contributed by atoms with Crippen molar-refractivity contribution in [2.24, 2.45) is 0 Å². The first-order valence-corrected chi connectivity index (χ1v) is 12.0. The van der Waals surface area contributed by atoms with E-state index in [1.54, 1.807) is 0 Å². The van der Waals surface area contributed by atoms with Gasteiger partial charge in [-0.2, -0.15) is 0 Å². The van der Waals surface area contributed by atoms with Crippen molar-refractivity contribution in [2.75, 3.05) is 19.6 Å². The molecule has 6 nitrogen and oxygen atoms in total. The third-order valence-electron chi connectivity index (χ3n) is 6.46. The Morgan fingerprint density at radius 1 is 0.909 bits per heavy atom. The van der Waals surface area contributed by atoms with Crippen LogP contribution >= 0.6 is 15.9 Å². The number of halogens is 1. The molecule has 168 valence electrons. The van der Waals surface area contributed by atoms with E-state index in [1.807, 2.05) is 54.9 Å². The van der Waals surface area contributed by atoms with Gasteiger partial charge in [0, 0.05) is 57.4 Å². The number of aromatic amines is 1. The lowest BCUT2D eigenvalue weighted by Crippen LogP contribution is -2.26. The van der Waals surface area contributed by atoms with Gasteiger partial charge in [-0.1, -0.05) is 44.2 Å². The zero-order chi connectivity index (χ0) is 23.1. The van der Waals surface area contributed by atoms with Crippen molar-refractivity contribution in [1.29, 1.82) is 0 Å². The number of aromatic nitrogens is 2. The molecule has 2 amide bonds. The number of nitrogens with zero attached hydrogens (tertiary/aromatic N) is 2. The number of rotatable bonds is 7. The minimum Gasteiger partial charge on any atom is -0.361 e. The van der Waals surface area contributed by atoms with Crippen LogP contribution in [0.15, 0.2) is 59.3 Å². The number of hydrogen-bond donors (Lipinski definition) is 2. The number of likely N-dealkylation sites (N-methyl/N-ethyl adjacent to an activating group) is 1. The number of nitrogens with one attached hydrogen (secondary N) is 2. The predicted octanol–water partition coefficient (Wildman–Crippen LogP) is 4.79. The lowest BCUT2D eigenvalue weighted by Gasteiger charge is -2.18. The average molecular weight is 505 g/mol. The van der Waals surface area contributed by atoms with Gasteiger partial charge in [0.25, 0.3) is 11.8 Å². The van der Waals surface area contributed by atoms with Crippen LogP contribution in [0.5, 0.6) is 0 Å². The van der Waals surface area contributed by atoms with E-state index in [2.05, 4.69) is 49.5 Å². The molecule has 4 aromatic rings. The zero-order valence-electron chi connectivity index (χ0n) is 18.6. The lowest BCUT2D eigenvalue weighted by atomic mass is 9.95. The van der Waals surface area contributed by atoms with Crippen molar-refractivity contribution < 1.29 is 9.59 Å². The summed E-state index contributed by atoms with van der Waals surface area (Å²) in [7, 11) is 0. The molecule has 0 atom stereocenters. The second kappa shape index (κ2) is 8.65. The molecule has 1 aliphatic rings. The van der Waals surface area contributed by atoms with Crippen LogP contribution in [0.2, 0.25) is 0 Å². The molecule has 0 saturated heterocycles. The summed E-state index contributed by atoms with van der Waals surface area (Å²) in [5, 5.41) is 4.39. The summed E-state index contributed by atoms with van der Waals surface area (Å²) in [6.07, 6.45) is 3.83. The van der Waals surface area contributed by atoms with Crippen LogP contribution in [-0.2, 0) is 16.1 Å². The van der Waals surface area contributed by atoms with Crippen LogP contribution in [-0.4, -0.2) is 45.9 Å². The van der Waals surface area contributed by atoms with Crippen LogP contribution in [0.3, 0.4) is 0 Å². The van der Waals surface area contributed by atoms with Gasteiger partial charge in [-0.05, 0) is 41.2 Å². The molecule has 2 aromatic carbocycles. The monoisotopic (exact) mass is 504 g/mol. The number of H-pyrrole nitrogens is 1. The van der Waals surface area contributed by atoms with E-state index < -0.39 is 0 Å². The molecule has 3 heterocycles. The normalized spacial score (nSPS) is 14.3. The van der Waals surface area contributed by atoms with Gasteiger partial charge in [0.05, 0.1) is 16.7 Å². The zero-order valence-corrected chi connectivity index (χ0v) is 20.2. The quantitative estimate of drug-likeness (QED) is 0.355. The number of hydrogen-bond acceptors (Lipinski definition) is 3. The van der Waals surface area contributed by atoms with Crippen molar-refractivity contribution in [2.45, 2.75) is 20.4 Å². The van der Waals surface area contributed by atoms with Crippen LogP contribution in [0.1, 0.15) is 25.0 Å². The number of amides is 2. The number of benzene rings is 2. The molecular formula is C26H25BrN4O2. The first-order chi connectivity index (χ1) is 16.0. The summed E-state index contributed by atoms with van der Waals surface area (Å²) >= 11 is 3.70. The molecule has 2 N–H and O–H groups in total. The molecule has 0 unspecified atom stereocenters. The molecular weight excluding hydrogens is 480 g/mol. The first-order valence-electron chi connectivity index (χ1n) is 11.2. The lowest BCUT2D eigenvalue weighted by molar-refractivity contribution is -0.122. The highest BCUT2D eigenvalue weighted by Gasteiger charge is 2.35. The number of imide groups is 1. The Kier molecular flexibility index (Phi) is 5.68. The first kappa shape index (κ1) is 21.7. The van der Waals surface area contributed by atoms with Gasteiger partial charge in [0.1, 0.15) is 0 Å². The van der Waals surface area contributed by atoms with E-state index in [0.717, 1.165) is 63.6 Å². The van der Waals surface area contributed by atoms with Crippen LogP contribution < -0.4 is 5.32 Å². The van der Waals surface area contributed by atoms with Gasteiger partial charge in [0.2, 0.25) is 0 Å². The number of carbonyl (C=O) groups is 2. The van der Waals surface area contributed by atoms with Crippen LogP contribution in [0, 0.1) is 0 Å². The maximum absolute atomic E-state index is 13.1. The highest BCUT2D eigenvalue weighted by Crippen LogP contribution is 2.39. The fourth-order valence-corrected chi connectivity index (χ4v) is 5.32. The largest absolute Gasteiger partial charge is 0.361 e. The summed E-state index contributed by atoms with van der Waals surface area (Å²) < 4.78 is 3.15. The number of fused-ring (bicyclic) bond motifs is 2. The number of carbonyl (C=O) groups excluding carboxylic acids is 2. The Morgan fingerprint density at radius 3 is 2.36 bits per heavy atom. The molecule has 33 heavy (non-hydrogen) atoms. The highest BCUT2D eigenvalue weighted by atomic mass is 79.9. The molecule has 7 heteroatoms. The summed E-state index contributed by atoms with van der Waals surface area (Å²) in [6, 6.07) is 13.8. The fourth-order valence-electron chi connectivity index (χ4n) is 4.73. The second-order valence-electron chi connectivity index (χ2n) is 8.18. The van der Waals surface area contributed by atoms with Gasteiger partial charge in [-0.25, -0.2) is 0 Å². The van der Waals surface area contributed by atoms with Gasteiger partial charge in [0.15, 0.2) is 0 Å². The Morgan fingerprint density at radius 2 is 1.61 bits per heavy atom. The minimum atomic E-state index is -0.362. The van der Waals surface area contributed by atoms with Crippen molar-refractivity contribution >= 4 is 60.7 Å². The van der Waals surface area contributed by atoms with Gasteiger partial charge < -0.3 is 14.5 Å². The predicted molar refractivity (Wildman–Crippen MR) is 136 cm³/mol. The van der Waals surface area contributed by atoms with Gasteiger partial charge in [-0.3, -0.25) is 14.9 Å². The Labute approximate surface area is 200 Å². The molecule has 0 spiro atoms. The fraction of sp³-hybridized carbons (Fsp3) is 0.231. The summed E-state index contributed by atoms with van der Waals surface area (Å²) in [6.45, 7) is 7.97. The van der Waals surface area contributed by atoms with E-state index >= 15 is 0 Å². The van der Waals surface area contributed by atoms with Crippen molar-refractivity contribution in [3.8, 4) is 0 Å². The topological polar surface area (TPSA) is 70.1 Å². The second-order valence-corrected chi connectivity index (χ2v) is 9.03. The van der Waals surface area contributed by atoms with E-state index in [0.29, 0.717) is 11.1 Å². The smallest absolute Gasteiger partial charge is 0.259 e. The van der Waals surface area contributed by atoms with E-state index in [1.165, 1.54) is 0 Å². The third kappa shape index (κ3) is 3.61. The Balaban J connectivity index is 1.72. The minimum absolute atomic E-state index is 0.358. The molecule has 0 aliphatic carbocycles. The average Bonchev–Trinajstić information content (AvgIpc) is 3.48. The summed E-state index contributed by atoms with van der Waals surface area (Å²) in [5.74, 6) is -0.721. The Hall–Kier alpha value is -3.16. The number of para-hydroxylation sites is 2. The maximum atomic E-state index is 13.1.